The first-order valence-corrected chi connectivity index (χ1v) is 5.68. The fraction of sp³-hybridized carbons (Fsp3) is 1.00. The summed E-state index contributed by atoms with van der Waals surface area (Å²) in [6.45, 7) is 4.42. The molecule has 1 rings (SSSR count). The zero-order valence-corrected chi connectivity index (χ0v) is 8.92. The van der Waals surface area contributed by atoms with Crippen LogP contribution in [0.3, 0.4) is 0 Å². The van der Waals surface area contributed by atoms with Crippen LogP contribution in [0.2, 0.25) is 0 Å². The van der Waals surface area contributed by atoms with Crippen molar-refractivity contribution in [3.8, 4) is 0 Å². The van der Waals surface area contributed by atoms with E-state index in [9.17, 15) is 5.11 Å². The van der Waals surface area contributed by atoms with Gasteiger partial charge in [0.05, 0.1) is 6.10 Å². The molecule has 0 aliphatic heterocycles. The first-order valence-electron chi connectivity index (χ1n) is 5.68. The highest BCUT2D eigenvalue weighted by molar-refractivity contribution is 4.82. The summed E-state index contributed by atoms with van der Waals surface area (Å²) in [6.07, 6.45) is 6.93. The van der Waals surface area contributed by atoms with Gasteiger partial charge in [-0.25, -0.2) is 0 Å². The third-order valence-electron chi connectivity index (χ3n) is 2.95. The lowest BCUT2D eigenvalue weighted by molar-refractivity contribution is 0.0853. The van der Waals surface area contributed by atoms with Crippen LogP contribution in [0.5, 0.6) is 0 Å². The summed E-state index contributed by atoms with van der Waals surface area (Å²) in [7, 11) is 0. The number of nitrogens with one attached hydrogen (secondary N) is 1. The molecule has 2 nitrogen and oxygen atoms in total. The topological polar surface area (TPSA) is 32.3 Å². The Bertz CT molecular complexity index is 138. The van der Waals surface area contributed by atoms with Gasteiger partial charge in [0.1, 0.15) is 0 Å². The molecule has 0 radical (unpaired) electrons. The van der Waals surface area contributed by atoms with Crippen LogP contribution in [0.4, 0.5) is 0 Å². The molecule has 2 N–H and O–H groups in total. The summed E-state index contributed by atoms with van der Waals surface area (Å²) in [6, 6.07) is 0.915. The number of hydrogen-bond acceptors (Lipinski definition) is 2. The predicted octanol–water partition coefficient (Wildman–Crippen LogP) is 2.07. The van der Waals surface area contributed by atoms with E-state index in [1.54, 1.807) is 0 Å². The van der Waals surface area contributed by atoms with E-state index in [-0.39, 0.29) is 6.10 Å². The maximum atomic E-state index is 9.72. The van der Waals surface area contributed by atoms with E-state index < -0.39 is 0 Å². The third kappa shape index (κ3) is 3.65. The van der Waals surface area contributed by atoms with E-state index in [0.717, 1.165) is 12.8 Å². The molecule has 78 valence electrons. The fourth-order valence-electron chi connectivity index (χ4n) is 2.19. The first-order chi connectivity index (χ1) is 6.24. The molecule has 2 heteroatoms. The van der Waals surface area contributed by atoms with Gasteiger partial charge < -0.3 is 10.4 Å². The van der Waals surface area contributed by atoms with E-state index in [1.165, 1.54) is 25.7 Å². The Labute approximate surface area is 81.7 Å². The van der Waals surface area contributed by atoms with Crippen LogP contribution >= 0.6 is 0 Å². The van der Waals surface area contributed by atoms with E-state index in [1.807, 2.05) is 0 Å². The molecule has 0 aromatic rings. The van der Waals surface area contributed by atoms with Crippen molar-refractivity contribution in [2.75, 3.05) is 0 Å². The molecule has 1 saturated carbocycles. The van der Waals surface area contributed by atoms with E-state index in [0.29, 0.717) is 12.1 Å². The second kappa shape index (κ2) is 5.61. The predicted molar refractivity (Wildman–Crippen MR) is 55.8 cm³/mol. The Morgan fingerprint density at radius 3 is 2.69 bits per heavy atom. The molecule has 13 heavy (non-hydrogen) atoms. The minimum atomic E-state index is -0.104. The molecule has 0 aromatic heterocycles. The number of aliphatic hydroxyl groups excluding tert-OH is 1. The highest BCUT2D eigenvalue weighted by Crippen LogP contribution is 2.19. The van der Waals surface area contributed by atoms with Crippen molar-refractivity contribution in [1.82, 2.24) is 5.32 Å². The maximum Gasteiger partial charge on any atom is 0.0693 e. The molecule has 1 unspecified atom stereocenters. The number of rotatable bonds is 4. The summed E-state index contributed by atoms with van der Waals surface area (Å²) in [5, 5.41) is 13.2. The van der Waals surface area contributed by atoms with Gasteiger partial charge in [0.2, 0.25) is 0 Å². The van der Waals surface area contributed by atoms with E-state index in [2.05, 4.69) is 19.2 Å². The van der Waals surface area contributed by atoms with Gasteiger partial charge in [-0.15, -0.1) is 0 Å². The van der Waals surface area contributed by atoms with Crippen molar-refractivity contribution < 1.29 is 5.11 Å². The molecule has 1 aliphatic rings. The van der Waals surface area contributed by atoms with Crippen LogP contribution in [0.1, 0.15) is 52.4 Å². The standard InChI is InChI=1S/C11H23NO/c1-3-6-9(2)12-10-7-4-5-8-11(10)13/h9-13H,3-8H2,1-2H3/t9?,10-,11+/m1/s1. The first kappa shape index (κ1) is 11.0. The second-order valence-corrected chi connectivity index (χ2v) is 4.31. The molecule has 0 spiro atoms. The summed E-state index contributed by atoms with van der Waals surface area (Å²) in [4.78, 5) is 0. The Balaban J connectivity index is 2.25. The summed E-state index contributed by atoms with van der Waals surface area (Å²) < 4.78 is 0. The highest BCUT2D eigenvalue weighted by Gasteiger charge is 2.23. The zero-order chi connectivity index (χ0) is 9.68. The molecule has 0 heterocycles. The van der Waals surface area contributed by atoms with Gasteiger partial charge in [0.25, 0.3) is 0 Å². The Kier molecular flexibility index (Phi) is 4.74. The van der Waals surface area contributed by atoms with Crippen molar-refractivity contribution in [2.45, 2.75) is 70.6 Å². The van der Waals surface area contributed by atoms with Crippen LogP contribution in [0, 0.1) is 0 Å². The lowest BCUT2D eigenvalue weighted by Crippen LogP contribution is -2.46. The monoisotopic (exact) mass is 185 g/mol. The average Bonchev–Trinajstić information content (AvgIpc) is 2.09. The van der Waals surface area contributed by atoms with Crippen LogP contribution in [-0.2, 0) is 0 Å². The molecule has 0 saturated heterocycles. The molecular formula is C11H23NO. The van der Waals surface area contributed by atoms with Crippen LogP contribution in [0.25, 0.3) is 0 Å². The van der Waals surface area contributed by atoms with Gasteiger partial charge in [-0.1, -0.05) is 26.2 Å². The minimum absolute atomic E-state index is 0.104. The van der Waals surface area contributed by atoms with Crippen molar-refractivity contribution in [3.63, 3.8) is 0 Å². The van der Waals surface area contributed by atoms with Crippen LogP contribution < -0.4 is 5.32 Å². The Morgan fingerprint density at radius 2 is 2.08 bits per heavy atom. The van der Waals surface area contributed by atoms with Gasteiger partial charge in [-0.05, 0) is 26.2 Å². The summed E-state index contributed by atoms with van der Waals surface area (Å²) in [5.41, 5.74) is 0. The van der Waals surface area contributed by atoms with Gasteiger partial charge in [-0.3, -0.25) is 0 Å². The molecular weight excluding hydrogens is 162 g/mol. The summed E-state index contributed by atoms with van der Waals surface area (Å²) >= 11 is 0. The van der Waals surface area contributed by atoms with Crippen molar-refractivity contribution >= 4 is 0 Å². The average molecular weight is 185 g/mol. The highest BCUT2D eigenvalue weighted by atomic mass is 16.3. The Hall–Kier alpha value is -0.0800. The minimum Gasteiger partial charge on any atom is -0.392 e. The third-order valence-corrected chi connectivity index (χ3v) is 2.95. The van der Waals surface area contributed by atoms with Crippen LogP contribution in [0.15, 0.2) is 0 Å². The fourth-order valence-corrected chi connectivity index (χ4v) is 2.19. The normalized spacial score (nSPS) is 31.6. The van der Waals surface area contributed by atoms with E-state index in [4.69, 9.17) is 0 Å². The molecule has 3 atom stereocenters. The van der Waals surface area contributed by atoms with Crippen molar-refractivity contribution in [3.05, 3.63) is 0 Å². The molecule has 0 bridgehead atoms. The molecule has 1 aliphatic carbocycles. The quantitative estimate of drug-likeness (QED) is 0.702. The van der Waals surface area contributed by atoms with Gasteiger partial charge in [-0.2, -0.15) is 0 Å². The van der Waals surface area contributed by atoms with E-state index >= 15 is 0 Å². The Morgan fingerprint density at radius 1 is 1.38 bits per heavy atom. The molecule has 1 fully saturated rings. The lowest BCUT2D eigenvalue weighted by atomic mass is 9.92. The van der Waals surface area contributed by atoms with Crippen LogP contribution in [-0.4, -0.2) is 23.3 Å². The number of aliphatic hydroxyl groups is 1. The van der Waals surface area contributed by atoms with Gasteiger partial charge in [0.15, 0.2) is 0 Å². The van der Waals surface area contributed by atoms with Gasteiger partial charge >= 0.3 is 0 Å². The maximum absolute atomic E-state index is 9.72. The largest absolute Gasteiger partial charge is 0.392 e. The SMILES string of the molecule is CCCC(C)N[C@@H]1CCCC[C@@H]1O. The van der Waals surface area contributed by atoms with Crippen molar-refractivity contribution in [2.24, 2.45) is 0 Å². The zero-order valence-electron chi connectivity index (χ0n) is 8.92. The summed E-state index contributed by atoms with van der Waals surface area (Å²) in [5.74, 6) is 0. The molecule has 0 aromatic carbocycles. The number of hydrogen-bond donors (Lipinski definition) is 2. The smallest absolute Gasteiger partial charge is 0.0693 e. The molecule has 0 amide bonds. The van der Waals surface area contributed by atoms with Gasteiger partial charge in [0, 0.05) is 12.1 Å². The van der Waals surface area contributed by atoms with Crippen molar-refractivity contribution in [1.29, 1.82) is 0 Å². The lowest BCUT2D eigenvalue weighted by Gasteiger charge is -2.31. The second-order valence-electron chi connectivity index (χ2n) is 4.31.